The highest BCUT2D eigenvalue weighted by Gasteiger charge is 2.38. The third-order valence-electron chi connectivity index (χ3n) is 6.02. The molecule has 1 fully saturated rings. The number of benzene rings is 2. The van der Waals surface area contributed by atoms with Crippen LogP contribution in [0.4, 0.5) is 0 Å². The Kier molecular flexibility index (Phi) is 6.06. The van der Waals surface area contributed by atoms with Crippen molar-refractivity contribution in [2.45, 2.75) is 70.7 Å². The van der Waals surface area contributed by atoms with Crippen molar-refractivity contribution < 1.29 is 13.9 Å². The third kappa shape index (κ3) is 5.45. The van der Waals surface area contributed by atoms with E-state index in [1.165, 1.54) is 6.07 Å². The SMILES string of the molecule is CC(Oc1ccc2c(-c3ccccc3)cc(=O)oc2c1)C(=O)NC1CC(C)(C)NC(C)(C)C1. The molecule has 0 saturated carbocycles. The van der Waals surface area contributed by atoms with E-state index in [4.69, 9.17) is 9.15 Å². The molecule has 6 heteroatoms. The summed E-state index contributed by atoms with van der Waals surface area (Å²) in [4.78, 5) is 25.0. The zero-order valence-electron chi connectivity index (χ0n) is 19.9. The van der Waals surface area contributed by atoms with Crippen molar-refractivity contribution in [3.63, 3.8) is 0 Å². The standard InChI is InChI=1S/C27H32N2O4/c1-17(25(31)28-19-15-26(2,3)29-27(4,5)16-19)32-20-11-12-21-22(18-9-7-6-8-10-18)14-24(30)33-23(21)13-20/h6-14,17,19,29H,15-16H2,1-5H3,(H,28,31). The lowest BCUT2D eigenvalue weighted by molar-refractivity contribution is -0.128. The van der Waals surface area contributed by atoms with E-state index in [-0.39, 0.29) is 23.0 Å². The largest absolute Gasteiger partial charge is 0.481 e. The topological polar surface area (TPSA) is 80.6 Å². The normalized spacial score (nSPS) is 18.6. The van der Waals surface area contributed by atoms with Gasteiger partial charge in [-0.1, -0.05) is 30.3 Å². The van der Waals surface area contributed by atoms with Crippen LogP contribution in [0.5, 0.6) is 5.75 Å². The Balaban J connectivity index is 1.51. The molecular formula is C27H32N2O4. The van der Waals surface area contributed by atoms with E-state index in [0.717, 1.165) is 29.4 Å². The zero-order chi connectivity index (χ0) is 23.8. The second kappa shape index (κ2) is 8.67. The predicted molar refractivity (Wildman–Crippen MR) is 130 cm³/mol. The van der Waals surface area contributed by atoms with Gasteiger partial charge in [0.25, 0.3) is 5.91 Å². The highest BCUT2D eigenvalue weighted by molar-refractivity contribution is 5.93. The zero-order valence-corrected chi connectivity index (χ0v) is 19.9. The molecule has 174 valence electrons. The summed E-state index contributed by atoms with van der Waals surface area (Å²) in [5.41, 5.74) is 1.61. The number of carbonyl (C=O) groups is 1. The highest BCUT2D eigenvalue weighted by atomic mass is 16.5. The van der Waals surface area contributed by atoms with Gasteiger partial charge in [0, 0.05) is 34.6 Å². The molecule has 1 atom stereocenters. The van der Waals surface area contributed by atoms with Crippen LogP contribution < -0.4 is 21.0 Å². The molecule has 0 bridgehead atoms. The van der Waals surface area contributed by atoms with E-state index < -0.39 is 11.7 Å². The van der Waals surface area contributed by atoms with Gasteiger partial charge < -0.3 is 19.8 Å². The molecule has 33 heavy (non-hydrogen) atoms. The van der Waals surface area contributed by atoms with Crippen LogP contribution in [0.25, 0.3) is 22.1 Å². The maximum atomic E-state index is 12.9. The average Bonchev–Trinajstić information content (AvgIpc) is 2.71. The summed E-state index contributed by atoms with van der Waals surface area (Å²) >= 11 is 0. The molecule has 1 unspecified atom stereocenters. The smallest absolute Gasteiger partial charge is 0.336 e. The summed E-state index contributed by atoms with van der Waals surface area (Å²) in [7, 11) is 0. The number of piperidine rings is 1. The first-order valence-electron chi connectivity index (χ1n) is 11.4. The lowest BCUT2D eigenvalue weighted by atomic mass is 9.79. The highest BCUT2D eigenvalue weighted by Crippen LogP contribution is 2.31. The maximum absolute atomic E-state index is 12.9. The van der Waals surface area contributed by atoms with Gasteiger partial charge in [-0.3, -0.25) is 4.79 Å². The molecule has 1 saturated heterocycles. The van der Waals surface area contributed by atoms with Crippen LogP contribution in [0.1, 0.15) is 47.5 Å². The lowest BCUT2D eigenvalue weighted by Gasteiger charge is -2.46. The molecule has 1 aliphatic rings. The fourth-order valence-electron chi connectivity index (χ4n) is 5.07. The fourth-order valence-corrected chi connectivity index (χ4v) is 5.07. The summed E-state index contributed by atoms with van der Waals surface area (Å²) in [6, 6.07) is 16.6. The molecule has 3 aromatic rings. The van der Waals surface area contributed by atoms with Crippen LogP contribution >= 0.6 is 0 Å². The molecule has 2 aromatic carbocycles. The first-order valence-corrected chi connectivity index (χ1v) is 11.4. The number of ether oxygens (including phenoxy) is 1. The Morgan fingerprint density at radius 1 is 1.06 bits per heavy atom. The van der Waals surface area contributed by atoms with E-state index in [9.17, 15) is 9.59 Å². The number of hydrogen-bond acceptors (Lipinski definition) is 5. The average molecular weight is 449 g/mol. The van der Waals surface area contributed by atoms with Gasteiger partial charge in [0.2, 0.25) is 0 Å². The summed E-state index contributed by atoms with van der Waals surface area (Å²) in [5, 5.41) is 7.58. The maximum Gasteiger partial charge on any atom is 0.336 e. The van der Waals surface area contributed by atoms with Gasteiger partial charge in [-0.15, -0.1) is 0 Å². The minimum absolute atomic E-state index is 0.0594. The molecule has 1 aromatic heterocycles. The summed E-state index contributed by atoms with van der Waals surface area (Å²) in [5.74, 6) is 0.317. The van der Waals surface area contributed by atoms with Crippen LogP contribution in [0.3, 0.4) is 0 Å². The Morgan fingerprint density at radius 3 is 2.39 bits per heavy atom. The Hall–Kier alpha value is -3.12. The molecule has 6 nitrogen and oxygen atoms in total. The number of rotatable bonds is 5. The van der Waals surface area contributed by atoms with E-state index in [0.29, 0.717) is 11.3 Å². The van der Waals surface area contributed by atoms with Crippen LogP contribution in [0, 0.1) is 0 Å². The molecule has 0 aliphatic carbocycles. The summed E-state index contributed by atoms with van der Waals surface area (Å²) < 4.78 is 11.4. The van der Waals surface area contributed by atoms with Gasteiger partial charge in [-0.25, -0.2) is 4.79 Å². The second-order valence-electron chi connectivity index (χ2n) is 10.3. The van der Waals surface area contributed by atoms with Crippen LogP contribution in [-0.2, 0) is 4.79 Å². The first kappa shape index (κ1) is 23.1. The number of carbonyl (C=O) groups excluding carboxylic acids is 1. The number of amides is 1. The van der Waals surface area contributed by atoms with Crippen molar-refractivity contribution >= 4 is 16.9 Å². The number of nitrogens with one attached hydrogen (secondary N) is 2. The third-order valence-corrected chi connectivity index (χ3v) is 6.02. The number of hydrogen-bond donors (Lipinski definition) is 2. The summed E-state index contributed by atoms with van der Waals surface area (Å²) in [6.45, 7) is 10.3. The van der Waals surface area contributed by atoms with Crippen LogP contribution in [-0.4, -0.2) is 29.1 Å². The van der Waals surface area contributed by atoms with Crippen LogP contribution in [0.15, 0.2) is 63.8 Å². The van der Waals surface area contributed by atoms with Gasteiger partial charge in [0.05, 0.1) is 0 Å². The van der Waals surface area contributed by atoms with Gasteiger partial charge in [0.1, 0.15) is 11.3 Å². The minimum atomic E-state index is -0.687. The first-order chi connectivity index (χ1) is 15.5. The van der Waals surface area contributed by atoms with Gasteiger partial charge in [-0.05, 0) is 70.7 Å². The van der Waals surface area contributed by atoms with Crippen molar-refractivity contribution in [1.82, 2.24) is 10.6 Å². The molecule has 2 N–H and O–H groups in total. The minimum Gasteiger partial charge on any atom is -0.481 e. The monoisotopic (exact) mass is 448 g/mol. The Bertz CT molecular complexity index is 1200. The Morgan fingerprint density at radius 2 is 1.73 bits per heavy atom. The van der Waals surface area contributed by atoms with Gasteiger partial charge in [0.15, 0.2) is 6.10 Å². The molecule has 1 aliphatic heterocycles. The van der Waals surface area contributed by atoms with Crippen molar-refractivity contribution in [3.8, 4) is 16.9 Å². The molecule has 0 spiro atoms. The van der Waals surface area contributed by atoms with E-state index in [2.05, 4.69) is 38.3 Å². The van der Waals surface area contributed by atoms with E-state index >= 15 is 0 Å². The van der Waals surface area contributed by atoms with Crippen molar-refractivity contribution in [3.05, 3.63) is 65.0 Å². The molecule has 2 heterocycles. The van der Waals surface area contributed by atoms with E-state index in [1.54, 1.807) is 19.1 Å². The van der Waals surface area contributed by atoms with Crippen molar-refractivity contribution in [1.29, 1.82) is 0 Å². The molecule has 1 amide bonds. The second-order valence-corrected chi connectivity index (χ2v) is 10.3. The fraction of sp³-hybridized carbons (Fsp3) is 0.407. The number of fused-ring (bicyclic) bond motifs is 1. The lowest BCUT2D eigenvalue weighted by Crippen LogP contribution is -2.62. The predicted octanol–water partition coefficient (Wildman–Crippen LogP) is 4.65. The van der Waals surface area contributed by atoms with Gasteiger partial charge in [-0.2, -0.15) is 0 Å². The molecular weight excluding hydrogens is 416 g/mol. The van der Waals surface area contributed by atoms with E-state index in [1.807, 2.05) is 36.4 Å². The summed E-state index contributed by atoms with van der Waals surface area (Å²) in [6.07, 6.45) is 1.00. The van der Waals surface area contributed by atoms with Gasteiger partial charge >= 0.3 is 5.63 Å². The molecule has 0 radical (unpaired) electrons. The quantitative estimate of drug-likeness (QED) is 0.555. The van der Waals surface area contributed by atoms with Crippen molar-refractivity contribution in [2.75, 3.05) is 0 Å². The molecule has 4 rings (SSSR count). The Labute approximate surface area is 194 Å². The van der Waals surface area contributed by atoms with Crippen LogP contribution in [0.2, 0.25) is 0 Å². The van der Waals surface area contributed by atoms with Crippen molar-refractivity contribution in [2.24, 2.45) is 0 Å².